The van der Waals surface area contributed by atoms with Crippen LogP contribution in [0.5, 0.6) is 0 Å². The van der Waals surface area contributed by atoms with Crippen LogP contribution in [0.2, 0.25) is 0 Å². The molecule has 1 spiro atoms. The lowest BCUT2D eigenvalue weighted by atomic mass is 9.87. The highest BCUT2D eigenvalue weighted by atomic mass is 16.7. The Labute approximate surface area is 151 Å². The summed E-state index contributed by atoms with van der Waals surface area (Å²) >= 11 is 0. The van der Waals surface area contributed by atoms with Gasteiger partial charge in [0.15, 0.2) is 23.3 Å². The molecule has 4 rings (SSSR count). The van der Waals surface area contributed by atoms with E-state index in [1.165, 1.54) is 6.92 Å². The van der Waals surface area contributed by atoms with Crippen LogP contribution in [0, 0.1) is 5.21 Å². The zero-order valence-corrected chi connectivity index (χ0v) is 14.9. The fourth-order valence-electron chi connectivity index (χ4n) is 4.26. The van der Waals surface area contributed by atoms with Crippen molar-refractivity contribution in [3.63, 3.8) is 0 Å². The van der Waals surface area contributed by atoms with E-state index >= 15 is 0 Å². The van der Waals surface area contributed by atoms with Crippen LogP contribution >= 0.6 is 0 Å². The number of quaternary nitrogens is 1. The number of hydrogen-bond acceptors (Lipinski definition) is 7. The minimum absolute atomic E-state index is 0.0490. The first kappa shape index (κ1) is 17.7. The van der Waals surface area contributed by atoms with Crippen LogP contribution in [0.4, 0.5) is 0 Å². The number of carbonyl (C=O) groups is 2. The zero-order chi connectivity index (χ0) is 18.9. The lowest BCUT2D eigenvalue weighted by Gasteiger charge is -2.41. The third kappa shape index (κ3) is 2.36. The van der Waals surface area contributed by atoms with E-state index in [9.17, 15) is 19.9 Å². The summed E-state index contributed by atoms with van der Waals surface area (Å²) in [6.07, 6.45) is 1.15. The summed E-state index contributed by atoms with van der Waals surface area (Å²) in [6, 6.07) is -0.578. The smallest absolute Gasteiger partial charge is 0.342 e. The molecule has 1 unspecified atom stereocenters. The van der Waals surface area contributed by atoms with Crippen molar-refractivity contribution in [2.45, 2.75) is 56.1 Å². The molecule has 4 aliphatic heterocycles. The van der Waals surface area contributed by atoms with Crippen molar-refractivity contribution < 1.29 is 33.6 Å². The number of cyclic esters (lactones) is 1. The van der Waals surface area contributed by atoms with Crippen LogP contribution in [-0.2, 0) is 23.8 Å². The molecular weight excluding hydrogens is 342 g/mol. The van der Waals surface area contributed by atoms with Crippen LogP contribution in [0.1, 0.15) is 26.7 Å². The Hall–Kier alpha value is -1.74. The van der Waals surface area contributed by atoms with Gasteiger partial charge in [-0.15, -0.1) is 0 Å². The second-order valence-electron chi connectivity index (χ2n) is 7.89. The molecule has 142 valence electrons. The van der Waals surface area contributed by atoms with Crippen LogP contribution in [0.15, 0.2) is 23.8 Å². The summed E-state index contributed by atoms with van der Waals surface area (Å²) in [7, 11) is 0. The van der Waals surface area contributed by atoms with Gasteiger partial charge in [-0.2, -0.15) is 0 Å². The fourth-order valence-corrected chi connectivity index (χ4v) is 4.26. The van der Waals surface area contributed by atoms with Gasteiger partial charge in [0.25, 0.3) is 0 Å². The number of hydroxylamine groups is 3. The molecule has 0 aromatic rings. The number of carbonyl (C=O) groups excluding carboxylic acids is 2. The number of hydrogen-bond donors (Lipinski definition) is 1. The fraction of sp³-hybridized carbons (Fsp3) is 0.667. The second-order valence-corrected chi connectivity index (χ2v) is 7.89. The minimum atomic E-state index is -1.96. The molecule has 0 amide bonds. The standard InChI is InChI=1S/C18H23NO7/c1-10-8-18(11(2)26-18)16(21)25-13-5-7-19(23)6-4-12(14(13)19)9-24-15(20)17(10,3)22/h4,11,13-14,22H,1,5-9H2,2-3H3/t11-,13+,14+,17+,18-,19?/m0/s1. The van der Waals surface area contributed by atoms with Crippen molar-refractivity contribution in [1.29, 1.82) is 0 Å². The third-order valence-corrected chi connectivity index (χ3v) is 6.22. The van der Waals surface area contributed by atoms with E-state index in [0.29, 0.717) is 18.5 Å². The Morgan fingerprint density at radius 3 is 2.73 bits per heavy atom. The first-order chi connectivity index (χ1) is 12.1. The van der Waals surface area contributed by atoms with E-state index in [2.05, 4.69) is 6.58 Å². The van der Waals surface area contributed by atoms with E-state index in [0.717, 1.165) is 0 Å². The molecule has 4 heterocycles. The van der Waals surface area contributed by atoms with Crippen LogP contribution in [0.3, 0.4) is 0 Å². The van der Waals surface area contributed by atoms with Crippen LogP contribution in [0.25, 0.3) is 0 Å². The van der Waals surface area contributed by atoms with Gasteiger partial charge in [0.2, 0.25) is 0 Å². The zero-order valence-electron chi connectivity index (χ0n) is 14.9. The van der Waals surface area contributed by atoms with Crippen molar-refractivity contribution in [2.75, 3.05) is 19.7 Å². The van der Waals surface area contributed by atoms with Gasteiger partial charge < -0.3 is 29.2 Å². The molecule has 3 saturated heterocycles. The first-order valence-electron chi connectivity index (χ1n) is 8.83. The van der Waals surface area contributed by atoms with E-state index in [1.807, 2.05) is 0 Å². The van der Waals surface area contributed by atoms with Gasteiger partial charge in [-0.25, -0.2) is 9.59 Å². The molecule has 4 aliphatic rings. The summed E-state index contributed by atoms with van der Waals surface area (Å²) in [5.41, 5.74) is -2.48. The SMILES string of the molecule is C=C1C[C@@]2(O[C@H]2C)C(=O)O[C@@H]2CC[N+]3([O-])CC=C(COC(=O)[C@]1(C)O)[C@H]23. The molecule has 6 atom stereocenters. The highest BCUT2D eigenvalue weighted by molar-refractivity contribution is 5.86. The topological polar surface area (TPSA) is 108 Å². The average Bonchev–Trinajstić information content (AvgIpc) is 2.94. The Bertz CT molecular complexity index is 729. The first-order valence-corrected chi connectivity index (χ1v) is 8.83. The molecule has 1 N–H and O–H groups in total. The summed E-state index contributed by atoms with van der Waals surface area (Å²) in [5, 5.41) is 23.5. The van der Waals surface area contributed by atoms with E-state index in [-0.39, 0.29) is 25.1 Å². The second kappa shape index (κ2) is 5.39. The molecule has 0 bridgehead atoms. The van der Waals surface area contributed by atoms with Gasteiger partial charge in [-0.3, -0.25) is 0 Å². The number of nitrogens with zero attached hydrogens (tertiary/aromatic N) is 1. The summed E-state index contributed by atoms with van der Waals surface area (Å²) < 4.78 is 16.0. The number of rotatable bonds is 0. The Morgan fingerprint density at radius 2 is 2.08 bits per heavy atom. The molecule has 8 heteroatoms. The van der Waals surface area contributed by atoms with Crippen molar-refractivity contribution in [3.8, 4) is 0 Å². The van der Waals surface area contributed by atoms with Gasteiger partial charge in [-0.1, -0.05) is 6.58 Å². The largest absolute Gasteiger partial charge is 0.632 e. The number of esters is 2. The number of ether oxygens (including phenoxy) is 3. The molecule has 0 aromatic carbocycles. The third-order valence-electron chi connectivity index (χ3n) is 6.22. The summed E-state index contributed by atoms with van der Waals surface area (Å²) in [4.78, 5) is 25.2. The lowest BCUT2D eigenvalue weighted by molar-refractivity contribution is -0.877. The van der Waals surface area contributed by atoms with Crippen LogP contribution in [-0.4, -0.2) is 70.8 Å². The van der Waals surface area contributed by atoms with Crippen molar-refractivity contribution in [1.82, 2.24) is 0 Å². The Balaban J connectivity index is 1.69. The van der Waals surface area contributed by atoms with E-state index < -0.39 is 46.0 Å². The van der Waals surface area contributed by atoms with Gasteiger partial charge in [0.05, 0.1) is 19.2 Å². The number of epoxide rings is 1. The molecule has 8 nitrogen and oxygen atoms in total. The molecule has 26 heavy (non-hydrogen) atoms. The van der Waals surface area contributed by atoms with Crippen molar-refractivity contribution in [2.24, 2.45) is 0 Å². The normalized spacial score (nSPS) is 48.2. The summed E-state index contributed by atoms with van der Waals surface area (Å²) in [5.74, 6) is -1.42. The minimum Gasteiger partial charge on any atom is -0.632 e. The maximum Gasteiger partial charge on any atom is 0.342 e. The lowest BCUT2D eigenvalue weighted by Crippen LogP contribution is -2.49. The molecular formula is C18H23NO7. The van der Waals surface area contributed by atoms with Gasteiger partial charge >= 0.3 is 11.9 Å². The maximum atomic E-state index is 13.0. The van der Waals surface area contributed by atoms with E-state index in [1.54, 1.807) is 13.0 Å². The Kier molecular flexibility index (Phi) is 3.66. The molecule has 3 fully saturated rings. The highest BCUT2D eigenvalue weighted by Crippen LogP contribution is 2.46. The van der Waals surface area contributed by atoms with E-state index in [4.69, 9.17) is 14.2 Å². The predicted molar refractivity (Wildman–Crippen MR) is 88.3 cm³/mol. The van der Waals surface area contributed by atoms with Gasteiger partial charge in [0.1, 0.15) is 6.61 Å². The average molecular weight is 365 g/mol. The van der Waals surface area contributed by atoms with Gasteiger partial charge in [-0.05, 0) is 25.5 Å². The molecule has 0 aliphatic carbocycles. The predicted octanol–water partition coefficient (Wildman–Crippen LogP) is 0.337. The monoisotopic (exact) mass is 365 g/mol. The van der Waals surface area contributed by atoms with Crippen molar-refractivity contribution in [3.05, 3.63) is 29.0 Å². The van der Waals surface area contributed by atoms with Crippen molar-refractivity contribution >= 4 is 11.9 Å². The molecule has 0 aromatic heterocycles. The maximum absolute atomic E-state index is 13.0. The van der Waals surface area contributed by atoms with Gasteiger partial charge in [0, 0.05) is 18.4 Å². The van der Waals surface area contributed by atoms with Crippen LogP contribution < -0.4 is 0 Å². The highest BCUT2D eigenvalue weighted by Gasteiger charge is 2.64. The quantitative estimate of drug-likeness (QED) is 0.217. The Morgan fingerprint density at radius 1 is 1.38 bits per heavy atom. The molecule has 0 saturated carbocycles. The summed E-state index contributed by atoms with van der Waals surface area (Å²) in [6.45, 7) is 7.25. The molecule has 0 radical (unpaired) electrons. The number of aliphatic hydroxyl groups is 1.